The van der Waals surface area contributed by atoms with Crippen molar-refractivity contribution in [3.63, 3.8) is 0 Å². The van der Waals surface area contributed by atoms with Crippen LogP contribution in [0.2, 0.25) is 0 Å². The Morgan fingerprint density at radius 3 is 0.877 bits per heavy atom. The van der Waals surface area contributed by atoms with Crippen molar-refractivity contribution in [2.45, 2.75) is 11.4 Å². The molecule has 65 heavy (non-hydrogen) atoms. The summed E-state index contributed by atoms with van der Waals surface area (Å²) in [4.78, 5) is 39.3. The van der Waals surface area contributed by atoms with Crippen LogP contribution in [0.1, 0.15) is 43.5 Å². The standard InChI is InChI=1S/2C19H16N4O3.2ClHO4.Cu.2H2O/c2*1-26-19(16-6-2-4-12-20-16,17-7-3-5-13-21-17)23-22-15-10-8-14(9-11-15)18(24)25;2*2-1(3,4)5;;;/h2*2-13H,1H3,(H,24,25);2*(H,2,3,4,5);;2*1H2/q;;;;+2;;/p-2. The van der Waals surface area contributed by atoms with Gasteiger partial charge in [-0.15, -0.1) is 30.7 Å². The maximum atomic E-state index is 11.0. The summed E-state index contributed by atoms with van der Waals surface area (Å²) in [6, 6.07) is 33.8. The number of nitrogens with zero attached hydrogens (tertiary/aromatic N) is 8. The van der Waals surface area contributed by atoms with E-state index in [0.29, 0.717) is 34.2 Å². The molecule has 24 nitrogen and oxygen atoms in total. The first-order valence-electron chi connectivity index (χ1n) is 16.8. The van der Waals surface area contributed by atoms with Crippen LogP contribution in [-0.4, -0.2) is 67.3 Å². The molecule has 0 unspecified atom stereocenters. The third kappa shape index (κ3) is 19.6. The van der Waals surface area contributed by atoms with Gasteiger partial charge in [-0.25, -0.2) is 46.9 Å². The third-order valence-corrected chi connectivity index (χ3v) is 7.48. The zero-order valence-corrected chi connectivity index (χ0v) is 35.7. The molecule has 6 N–H and O–H groups in total. The molecular weight excluding hydrogens is 959 g/mol. The SMILES string of the molecule is COC(N=Nc1ccc(C(=O)O)cc1)(c1ccccn1)c1ccccn1.COC(N=Nc1ccc(C(=O)O)cc1)(c1ccccn1)c1ccccn1.O.O.[Cu+2].[O-][Cl+3]([O-])([O-])[O-].[O-][Cl+3]([O-])([O-])[O-]. The number of rotatable bonds is 12. The molecule has 1 radical (unpaired) electrons. The summed E-state index contributed by atoms with van der Waals surface area (Å²) in [6.07, 6.45) is 6.57. The molecule has 0 saturated carbocycles. The number of ether oxygens (including phenoxy) is 2. The first-order valence-corrected chi connectivity index (χ1v) is 19.3. The molecule has 2 aromatic carbocycles. The maximum Gasteiger partial charge on any atom is 2.00 e. The molecule has 0 atom stereocenters. The van der Waals surface area contributed by atoms with Crippen molar-refractivity contribution in [3.8, 4) is 0 Å². The number of carboxylic acids is 2. The van der Waals surface area contributed by atoms with Crippen molar-refractivity contribution in [3.05, 3.63) is 180 Å². The summed E-state index contributed by atoms with van der Waals surface area (Å²) in [5.41, 5.74) is 0.847. The fraction of sp³-hybridized carbons (Fsp3) is 0.105. The molecule has 0 aliphatic carbocycles. The molecule has 6 rings (SSSR count). The van der Waals surface area contributed by atoms with E-state index < -0.39 is 43.9 Å². The van der Waals surface area contributed by atoms with Crippen molar-refractivity contribution >= 4 is 23.3 Å². The molecule has 0 spiro atoms. The maximum absolute atomic E-state index is 11.0. The fourth-order valence-electron chi connectivity index (χ4n) is 4.82. The minimum absolute atomic E-state index is 0. The first-order chi connectivity index (χ1) is 29.3. The van der Waals surface area contributed by atoms with Gasteiger partial charge in [0.15, 0.2) is 0 Å². The van der Waals surface area contributed by atoms with Gasteiger partial charge >= 0.3 is 29.0 Å². The monoisotopic (exact) mass is 993 g/mol. The topological polar surface area (TPSA) is 442 Å². The zero-order valence-electron chi connectivity index (χ0n) is 33.3. The predicted octanol–water partition coefficient (Wildman–Crippen LogP) is -3.55. The second-order valence-corrected chi connectivity index (χ2v) is 12.9. The van der Waals surface area contributed by atoms with E-state index in [2.05, 4.69) is 40.4 Å². The molecule has 0 aliphatic heterocycles. The summed E-state index contributed by atoms with van der Waals surface area (Å²) >= 11 is 0. The van der Waals surface area contributed by atoms with E-state index in [0.717, 1.165) is 0 Å². The van der Waals surface area contributed by atoms with E-state index >= 15 is 0 Å². The van der Waals surface area contributed by atoms with Gasteiger partial charge in [0, 0.05) is 39.0 Å². The molecule has 6 aromatic rings. The minimum atomic E-state index is -4.94. The van der Waals surface area contributed by atoms with Gasteiger partial charge in [0.2, 0.25) is 0 Å². The van der Waals surface area contributed by atoms with Gasteiger partial charge in [-0.1, -0.05) is 24.3 Å². The number of aromatic carboxylic acids is 2. The van der Waals surface area contributed by atoms with E-state index in [-0.39, 0.29) is 39.1 Å². The van der Waals surface area contributed by atoms with Gasteiger partial charge in [-0.3, -0.25) is 19.9 Å². The van der Waals surface area contributed by atoms with Gasteiger partial charge in [0.05, 0.1) is 22.5 Å². The van der Waals surface area contributed by atoms with Crippen LogP contribution < -0.4 is 37.3 Å². The molecule has 0 amide bonds. The summed E-state index contributed by atoms with van der Waals surface area (Å²) < 4.78 is 79.4. The van der Waals surface area contributed by atoms with Crippen molar-refractivity contribution in [2.75, 3.05) is 14.2 Å². The Morgan fingerprint density at radius 1 is 0.477 bits per heavy atom. The molecule has 0 aliphatic rings. The van der Waals surface area contributed by atoms with Crippen molar-refractivity contribution in [2.24, 2.45) is 20.5 Å². The van der Waals surface area contributed by atoms with Crippen molar-refractivity contribution in [1.82, 2.24) is 19.9 Å². The third-order valence-electron chi connectivity index (χ3n) is 7.48. The number of hydrogen-bond donors (Lipinski definition) is 2. The van der Waals surface area contributed by atoms with Crippen LogP contribution in [0.15, 0.2) is 167 Å². The predicted molar refractivity (Wildman–Crippen MR) is 196 cm³/mol. The van der Waals surface area contributed by atoms with Crippen molar-refractivity contribution in [1.29, 1.82) is 0 Å². The van der Waals surface area contributed by atoms with Gasteiger partial charge < -0.3 is 30.6 Å². The smallest absolute Gasteiger partial charge is 0.478 e. The molecular formula is C38H36Cl2CuN8O16. The number of azo groups is 2. The van der Waals surface area contributed by atoms with Crippen LogP contribution in [0.3, 0.4) is 0 Å². The second kappa shape index (κ2) is 27.9. The number of halogens is 2. The quantitative estimate of drug-likeness (QED) is 0.0885. The number of pyridine rings is 4. The Bertz CT molecular complexity index is 2080. The second-order valence-electron chi connectivity index (χ2n) is 11.4. The average Bonchev–Trinajstić information content (AvgIpc) is 3.25. The Hall–Kier alpha value is -6.20. The minimum Gasteiger partial charge on any atom is -0.478 e. The van der Waals surface area contributed by atoms with Gasteiger partial charge in [0.25, 0.3) is 11.4 Å². The van der Waals surface area contributed by atoms with Crippen LogP contribution in [0.25, 0.3) is 0 Å². The van der Waals surface area contributed by atoms with Gasteiger partial charge in [0.1, 0.15) is 22.8 Å². The molecule has 4 aromatic heterocycles. The number of carbonyl (C=O) groups is 2. The van der Waals surface area contributed by atoms with E-state index in [9.17, 15) is 9.59 Å². The van der Waals surface area contributed by atoms with Crippen LogP contribution in [0.4, 0.5) is 11.4 Å². The summed E-state index contributed by atoms with van der Waals surface area (Å²) in [7, 11) is -6.87. The number of hydrogen-bond acceptors (Lipinski definition) is 20. The first kappa shape index (κ1) is 58.8. The molecule has 0 bridgehead atoms. The number of carboxylic acid groups (broad SMARTS) is 2. The Morgan fingerprint density at radius 2 is 0.708 bits per heavy atom. The van der Waals surface area contributed by atoms with Crippen LogP contribution in [0.5, 0.6) is 0 Å². The molecule has 4 heterocycles. The van der Waals surface area contributed by atoms with E-state index in [1.54, 1.807) is 97.6 Å². The summed E-state index contributed by atoms with van der Waals surface area (Å²) in [6.45, 7) is 0. The van der Waals surface area contributed by atoms with E-state index in [1.165, 1.54) is 38.5 Å². The molecule has 27 heteroatoms. The number of aromatic nitrogens is 4. The number of methoxy groups -OCH3 is 2. The normalized spacial score (nSPS) is 11.1. The van der Waals surface area contributed by atoms with E-state index in [4.69, 9.17) is 57.0 Å². The molecule has 0 fully saturated rings. The van der Waals surface area contributed by atoms with Gasteiger partial charge in [-0.05, 0) is 97.1 Å². The largest absolute Gasteiger partial charge is 2.00 e. The van der Waals surface area contributed by atoms with Crippen LogP contribution in [0, 0.1) is 20.5 Å². The number of benzene rings is 2. The zero-order chi connectivity index (χ0) is 45.8. The molecule has 0 saturated heterocycles. The average molecular weight is 995 g/mol. The summed E-state index contributed by atoms with van der Waals surface area (Å²) in [5.74, 6) is -2.00. The van der Waals surface area contributed by atoms with Crippen LogP contribution in [-0.2, 0) is 38.0 Å². The summed E-state index contributed by atoms with van der Waals surface area (Å²) in [5, 5.41) is 35.2. The Labute approximate surface area is 383 Å². The Kier molecular flexibility index (Phi) is 25.2. The Balaban J connectivity index is 0.00000100. The van der Waals surface area contributed by atoms with E-state index in [1.807, 2.05) is 24.3 Å². The molecule has 349 valence electrons. The van der Waals surface area contributed by atoms with Gasteiger partial charge in [-0.2, -0.15) is 10.2 Å². The van der Waals surface area contributed by atoms with Crippen molar-refractivity contribution < 1.29 is 115 Å². The fourth-order valence-corrected chi connectivity index (χ4v) is 4.82. The van der Waals surface area contributed by atoms with Crippen LogP contribution >= 0.6 is 0 Å².